The molecule has 0 aromatic heterocycles. The molecule has 7 heterocycles. The number of aliphatic hydroxyl groups is 1. The summed E-state index contributed by atoms with van der Waals surface area (Å²) >= 11 is 0. The minimum absolute atomic E-state index is 0.117. The van der Waals surface area contributed by atoms with E-state index in [1.54, 1.807) is 0 Å². The number of hydrogen-bond acceptors (Lipinski definition) is 5. The largest absolute Gasteiger partial charge is 0.393 e. The Morgan fingerprint density at radius 1 is 0.733 bits per heavy atom. The van der Waals surface area contributed by atoms with Crippen molar-refractivity contribution in [1.29, 1.82) is 0 Å². The molecule has 1 N–H and O–H groups in total. The molecule has 30 heavy (non-hydrogen) atoms. The van der Waals surface area contributed by atoms with Gasteiger partial charge in [0, 0.05) is 38.4 Å². The molecule has 7 fully saturated rings. The number of hydrogen-bond donors (Lipinski definition) is 1. The highest BCUT2D eigenvalue weighted by atomic mass is 16.5. The van der Waals surface area contributed by atoms with Crippen LogP contribution in [0.2, 0.25) is 0 Å². The molecule has 0 aromatic carbocycles. The van der Waals surface area contributed by atoms with E-state index >= 15 is 0 Å². The second-order valence-electron chi connectivity index (χ2n) is 11.7. The van der Waals surface area contributed by atoms with Crippen LogP contribution in [0.25, 0.3) is 0 Å². The zero-order chi connectivity index (χ0) is 20.5. The molecule has 0 aliphatic carbocycles. The lowest BCUT2D eigenvalue weighted by atomic mass is 9.92. The van der Waals surface area contributed by atoms with E-state index in [2.05, 4.69) is 23.9 Å². The summed E-state index contributed by atoms with van der Waals surface area (Å²) in [6, 6.07) is 1.17. The second-order valence-corrected chi connectivity index (χ2v) is 11.7. The van der Waals surface area contributed by atoms with E-state index < -0.39 is 0 Å². The van der Waals surface area contributed by atoms with Gasteiger partial charge < -0.3 is 24.0 Å². The molecule has 7 aliphatic rings. The smallest absolute Gasteiger partial charge is 0.118 e. The molecule has 7 rings (SSSR count). The average molecular weight is 421 g/mol. The average Bonchev–Trinajstić information content (AvgIpc) is 2.93. The van der Waals surface area contributed by atoms with E-state index in [4.69, 9.17) is 9.47 Å². The van der Waals surface area contributed by atoms with Crippen molar-refractivity contribution in [2.24, 2.45) is 11.8 Å². The summed E-state index contributed by atoms with van der Waals surface area (Å²) in [4.78, 5) is 5.13. The number of quaternary nitrogens is 1. The predicted octanol–water partition coefficient (Wildman–Crippen LogP) is 1.66. The van der Waals surface area contributed by atoms with Gasteiger partial charge in [-0.1, -0.05) is 0 Å². The molecule has 0 aromatic rings. The molecule has 0 saturated carbocycles. The number of likely N-dealkylation sites (N-methyl/N-ethyl adjacent to an activating group) is 1. The van der Waals surface area contributed by atoms with Gasteiger partial charge in [0.05, 0.1) is 26.3 Å². The predicted molar refractivity (Wildman–Crippen MR) is 115 cm³/mol. The summed E-state index contributed by atoms with van der Waals surface area (Å²) in [5.41, 5.74) is 0. The van der Waals surface area contributed by atoms with E-state index in [1.165, 1.54) is 51.7 Å². The van der Waals surface area contributed by atoms with Crippen LogP contribution < -0.4 is 0 Å². The van der Waals surface area contributed by atoms with Gasteiger partial charge >= 0.3 is 0 Å². The van der Waals surface area contributed by atoms with E-state index in [0.29, 0.717) is 36.3 Å². The number of piperidine rings is 3. The van der Waals surface area contributed by atoms with Gasteiger partial charge in [-0.2, -0.15) is 0 Å². The molecule has 170 valence electrons. The highest BCUT2D eigenvalue weighted by Gasteiger charge is 2.58. The minimum atomic E-state index is -0.117. The van der Waals surface area contributed by atoms with Gasteiger partial charge in [0.15, 0.2) is 0 Å². The third-order valence-corrected chi connectivity index (χ3v) is 9.99. The van der Waals surface area contributed by atoms with Crippen molar-refractivity contribution < 1.29 is 19.1 Å². The maximum atomic E-state index is 10.3. The summed E-state index contributed by atoms with van der Waals surface area (Å²) in [5.74, 6) is 1.20. The molecule has 0 amide bonds. The van der Waals surface area contributed by atoms with Gasteiger partial charge in [-0.05, 0) is 57.5 Å². The molecule has 6 bridgehead atoms. The van der Waals surface area contributed by atoms with Crippen LogP contribution in [-0.4, -0.2) is 109 Å². The first-order valence-corrected chi connectivity index (χ1v) is 12.8. The lowest BCUT2D eigenvalue weighted by Crippen LogP contribution is -2.60. The van der Waals surface area contributed by atoms with Crippen molar-refractivity contribution in [2.45, 2.75) is 94.1 Å². The van der Waals surface area contributed by atoms with E-state index in [1.807, 2.05) is 0 Å². The maximum absolute atomic E-state index is 10.3. The zero-order valence-corrected chi connectivity index (χ0v) is 19.0. The number of nitrogens with zero attached hydrogens (tertiary/aromatic N) is 3. The standard InChI is InChI=1S/C24H42N3O3/c1-27(2)18-3-4-22(30-24-13-17-15-26(24)12-7-20(17)28)19(27)14-23(18)29-21-8-11-25-9-5-16(21)6-10-25/h16-24,28H,3-15H2,1-2H3/q+1. The molecular formula is C24H42N3O3+. The summed E-state index contributed by atoms with van der Waals surface area (Å²) < 4.78 is 14.9. The molecule has 9 unspecified atom stereocenters. The number of fused-ring (bicyclic) bond motifs is 8. The van der Waals surface area contributed by atoms with Crippen molar-refractivity contribution in [3.8, 4) is 0 Å². The number of aliphatic hydroxyl groups excluding tert-OH is 1. The van der Waals surface area contributed by atoms with Crippen LogP contribution in [0, 0.1) is 11.8 Å². The van der Waals surface area contributed by atoms with Gasteiger partial charge in [0.1, 0.15) is 30.5 Å². The summed E-state index contributed by atoms with van der Waals surface area (Å²) in [6.07, 6.45) is 10.7. The Morgan fingerprint density at radius 2 is 1.53 bits per heavy atom. The Kier molecular flexibility index (Phi) is 5.21. The van der Waals surface area contributed by atoms with Crippen molar-refractivity contribution >= 4 is 0 Å². The minimum Gasteiger partial charge on any atom is -0.393 e. The van der Waals surface area contributed by atoms with Crippen LogP contribution in [-0.2, 0) is 9.47 Å². The van der Waals surface area contributed by atoms with Crippen LogP contribution in [0.4, 0.5) is 0 Å². The second kappa shape index (κ2) is 7.67. The normalized spacial score (nSPS) is 54.3. The lowest BCUT2D eigenvalue weighted by molar-refractivity contribution is -0.935. The van der Waals surface area contributed by atoms with Crippen LogP contribution in [0.5, 0.6) is 0 Å². The first kappa shape index (κ1) is 20.4. The molecule has 6 heteroatoms. The van der Waals surface area contributed by atoms with Crippen LogP contribution in [0.3, 0.4) is 0 Å². The summed E-state index contributed by atoms with van der Waals surface area (Å²) in [6.45, 7) is 5.82. The SMILES string of the molecule is C[N+]1(C)C2CCC(OC3CC4CN3CCC4O)C1CC2OC1CCN2CCC1CC2. The van der Waals surface area contributed by atoms with Crippen LogP contribution in [0.15, 0.2) is 0 Å². The lowest BCUT2D eigenvalue weighted by Gasteiger charge is -2.46. The molecule has 6 nitrogen and oxygen atoms in total. The Labute approximate surface area is 182 Å². The number of rotatable bonds is 4. The number of ether oxygens (including phenoxy) is 2. The summed E-state index contributed by atoms with van der Waals surface area (Å²) in [7, 11) is 4.85. The molecule has 7 aliphatic heterocycles. The fraction of sp³-hybridized carbons (Fsp3) is 1.00. The Bertz CT molecular complexity index is 637. The third-order valence-electron chi connectivity index (χ3n) is 9.99. The van der Waals surface area contributed by atoms with Gasteiger partial charge in [0.25, 0.3) is 0 Å². The summed E-state index contributed by atoms with van der Waals surface area (Å²) in [5, 5.41) is 10.3. The van der Waals surface area contributed by atoms with Crippen molar-refractivity contribution in [3.63, 3.8) is 0 Å². The third kappa shape index (κ3) is 3.37. The fourth-order valence-electron chi connectivity index (χ4n) is 8.06. The van der Waals surface area contributed by atoms with Crippen LogP contribution in [0.1, 0.15) is 51.4 Å². The van der Waals surface area contributed by atoms with Gasteiger partial charge in [-0.25, -0.2) is 0 Å². The Morgan fingerprint density at radius 3 is 2.33 bits per heavy atom. The van der Waals surface area contributed by atoms with E-state index in [9.17, 15) is 5.11 Å². The fourth-order valence-corrected chi connectivity index (χ4v) is 8.06. The van der Waals surface area contributed by atoms with Gasteiger partial charge in [-0.3, -0.25) is 4.90 Å². The van der Waals surface area contributed by atoms with Crippen molar-refractivity contribution in [2.75, 3.05) is 46.8 Å². The van der Waals surface area contributed by atoms with Crippen molar-refractivity contribution in [1.82, 2.24) is 9.80 Å². The van der Waals surface area contributed by atoms with E-state index in [-0.39, 0.29) is 12.3 Å². The maximum Gasteiger partial charge on any atom is 0.118 e. The van der Waals surface area contributed by atoms with Crippen LogP contribution >= 0.6 is 0 Å². The first-order chi connectivity index (χ1) is 14.5. The highest BCUT2D eigenvalue weighted by molar-refractivity contribution is 4.97. The molecular weight excluding hydrogens is 378 g/mol. The van der Waals surface area contributed by atoms with Gasteiger partial charge in [0.2, 0.25) is 0 Å². The molecule has 0 spiro atoms. The molecule has 0 radical (unpaired) electrons. The molecule has 9 atom stereocenters. The van der Waals surface area contributed by atoms with E-state index in [0.717, 1.165) is 42.8 Å². The van der Waals surface area contributed by atoms with Crippen molar-refractivity contribution in [3.05, 3.63) is 0 Å². The molecule has 7 saturated heterocycles. The quantitative estimate of drug-likeness (QED) is 0.701. The monoisotopic (exact) mass is 420 g/mol. The van der Waals surface area contributed by atoms with Gasteiger partial charge in [-0.15, -0.1) is 0 Å². The Balaban J connectivity index is 1.13. The highest BCUT2D eigenvalue weighted by Crippen LogP contribution is 2.45. The Hall–Kier alpha value is -0.240. The topological polar surface area (TPSA) is 45.2 Å². The zero-order valence-electron chi connectivity index (χ0n) is 19.0. The first-order valence-electron chi connectivity index (χ1n) is 12.8.